The number of hydrogen-bond acceptors (Lipinski definition) is 0. The summed E-state index contributed by atoms with van der Waals surface area (Å²) in [7, 11) is 0. The van der Waals surface area contributed by atoms with Gasteiger partial charge in [-0.15, -0.1) is 22.7 Å². The number of aromatic amines is 1. The van der Waals surface area contributed by atoms with E-state index in [9.17, 15) is 0 Å². The van der Waals surface area contributed by atoms with Gasteiger partial charge in [-0.1, -0.05) is 79.0 Å². The summed E-state index contributed by atoms with van der Waals surface area (Å²) in [5.41, 5.74) is 5.89. The quantitative estimate of drug-likeness (QED) is 0.341. The fourth-order valence-corrected chi connectivity index (χ4v) is 2.52. The minimum Gasteiger partial charge on any atom is -0.450 e. The van der Waals surface area contributed by atoms with Crippen LogP contribution in [-0.4, -0.2) is 4.98 Å². The molecule has 0 radical (unpaired) electrons. The molecule has 3 aromatic rings. The van der Waals surface area contributed by atoms with E-state index >= 15 is 0 Å². The Labute approximate surface area is 174 Å². The predicted molar refractivity (Wildman–Crippen MR) is 112 cm³/mol. The molecule has 0 saturated carbocycles. The van der Waals surface area contributed by atoms with Crippen molar-refractivity contribution in [1.29, 1.82) is 0 Å². The summed E-state index contributed by atoms with van der Waals surface area (Å²) in [6, 6.07) is 19.8. The van der Waals surface area contributed by atoms with Crippen LogP contribution in [0, 0.1) is 12.1 Å². The van der Waals surface area contributed by atoms with Gasteiger partial charge in [0.25, 0.3) is 0 Å². The van der Waals surface area contributed by atoms with Crippen LogP contribution in [0.5, 0.6) is 0 Å². The summed E-state index contributed by atoms with van der Waals surface area (Å²) in [4.78, 5) is 3.44. The van der Waals surface area contributed by atoms with Gasteiger partial charge < -0.3 is 4.98 Å². The average Bonchev–Trinajstić information content (AvgIpc) is 3.08. The van der Waals surface area contributed by atoms with Crippen molar-refractivity contribution >= 4 is 10.9 Å². The topological polar surface area (TPSA) is 15.8 Å². The molecule has 1 heterocycles. The first-order chi connectivity index (χ1) is 12.0. The van der Waals surface area contributed by atoms with Gasteiger partial charge in [-0.05, 0) is 11.4 Å². The molecule has 0 aliphatic carbocycles. The molecule has 0 atom stereocenters. The van der Waals surface area contributed by atoms with E-state index in [-0.39, 0.29) is 21.1 Å². The first-order valence-electron chi connectivity index (χ1n) is 9.61. The Morgan fingerprint density at radius 2 is 1.38 bits per heavy atom. The van der Waals surface area contributed by atoms with E-state index in [1.165, 1.54) is 11.1 Å². The van der Waals surface area contributed by atoms with Crippen LogP contribution in [0.3, 0.4) is 0 Å². The van der Waals surface area contributed by atoms with Crippen molar-refractivity contribution in [2.45, 2.75) is 67.2 Å². The molecule has 0 spiro atoms. The van der Waals surface area contributed by atoms with Crippen molar-refractivity contribution in [3.05, 3.63) is 59.7 Å². The van der Waals surface area contributed by atoms with Crippen LogP contribution in [0.15, 0.2) is 36.4 Å². The molecule has 3 rings (SSSR count). The monoisotopic (exact) mass is 519 g/mol. The van der Waals surface area contributed by atoms with Gasteiger partial charge in [-0.25, -0.2) is 5.56 Å². The van der Waals surface area contributed by atoms with Gasteiger partial charge in [0.05, 0.1) is 0 Å². The van der Waals surface area contributed by atoms with E-state index in [4.69, 9.17) is 0 Å². The molecule has 26 heavy (non-hydrogen) atoms. The Bertz CT molecular complexity index is 751. The van der Waals surface area contributed by atoms with E-state index in [2.05, 4.69) is 81.2 Å². The molecule has 0 bridgehead atoms. The molecule has 0 unspecified atom stereocenters. The van der Waals surface area contributed by atoms with Crippen LogP contribution in [0.2, 0.25) is 0 Å². The van der Waals surface area contributed by atoms with Gasteiger partial charge in [0.15, 0.2) is 0 Å². The standard InChI is InChI=1S/C20H21N.2C2H6.W/c1-13(2)15-5-7-16(8-6-15)20-12-18-11-17(14(3)4)9-10-19(18)21-20;2*1-2;/h5-7,9-11,13-14,21H,1-4H3;2*1-2H3;/q-2;;;+2. The summed E-state index contributed by atoms with van der Waals surface area (Å²) < 4.78 is 0. The van der Waals surface area contributed by atoms with Crippen molar-refractivity contribution in [2.75, 3.05) is 0 Å². The minimum absolute atomic E-state index is 0. The van der Waals surface area contributed by atoms with Gasteiger partial charge >= 0.3 is 21.1 Å². The van der Waals surface area contributed by atoms with Crippen LogP contribution >= 0.6 is 0 Å². The molecule has 0 aliphatic rings. The van der Waals surface area contributed by atoms with E-state index in [0.717, 1.165) is 22.2 Å². The van der Waals surface area contributed by atoms with Crippen molar-refractivity contribution in [3.8, 4) is 11.3 Å². The Morgan fingerprint density at radius 3 is 1.88 bits per heavy atom. The molecule has 0 fully saturated rings. The van der Waals surface area contributed by atoms with Crippen LogP contribution in [0.1, 0.15) is 78.4 Å². The first-order valence-corrected chi connectivity index (χ1v) is 9.61. The number of hydrogen-bond donors (Lipinski definition) is 1. The van der Waals surface area contributed by atoms with Gasteiger partial charge in [-0.3, -0.25) is 0 Å². The third-order valence-corrected chi connectivity index (χ3v) is 4.00. The third kappa shape index (κ3) is 6.13. The Morgan fingerprint density at radius 1 is 0.808 bits per heavy atom. The second kappa shape index (κ2) is 12.1. The summed E-state index contributed by atoms with van der Waals surface area (Å²) >= 11 is 0. The van der Waals surface area contributed by atoms with Gasteiger partial charge in [-0.2, -0.15) is 30.3 Å². The zero-order valence-corrected chi connectivity index (χ0v) is 20.5. The molecule has 1 N–H and O–H groups in total. The average molecular weight is 519 g/mol. The predicted octanol–water partition coefficient (Wildman–Crippen LogP) is 7.73. The second-order valence-corrected chi connectivity index (χ2v) is 6.28. The maximum atomic E-state index is 3.47. The molecule has 1 nitrogen and oxygen atoms in total. The summed E-state index contributed by atoms with van der Waals surface area (Å²) in [6.07, 6.45) is 0. The van der Waals surface area contributed by atoms with Crippen molar-refractivity contribution < 1.29 is 21.1 Å². The largest absolute Gasteiger partial charge is 2.00 e. The number of fused-ring (bicyclic) bond motifs is 1. The number of nitrogens with one attached hydrogen (secondary N) is 1. The summed E-state index contributed by atoms with van der Waals surface area (Å²) in [5.74, 6) is 1.08. The zero-order valence-electron chi connectivity index (χ0n) is 17.5. The van der Waals surface area contributed by atoms with Crippen LogP contribution in [-0.2, 0) is 21.1 Å². The van der Waals surface area contributed by atoms with E-state index < -0.39 is 0 Å². The maximum absolute atomic E-state index is 3.47. The maximum Gasteiger partial charge on any atom is 2.00 e. The van der Waals surface area contributed by atoms with Crippen molar-refractivity contribution in [1.82, 2.24) is 4.98 Å². The van der Waals surface area contributed by atoms with E-state index in [1.807, 2.05) is 27.7 Å². The first kappa shape index (κ1) is 24.7. The minimum atomic E-state index is 0. The second-order valence-electron chi connectivity index (χ2n) is 6.28. The Hall–Kier alpha value is -1.33. The van der Waals surface area contributed by atoms with Crippen molar-refractivity contribution in [2.24, 2.45) is 0 Å². The smallest absolute Gasteiger partial charge is 0.450 e. The number of H-pyrrole nitrogens is 1. The Kier molecular flexibility index (Phi) is 11.5. The third-order valence-electron chi connectivity index (χ3n) is 4.00. The Balaban J connectivity index is 0.00000117. The molecule has 1 aromatic heterocycles. The molecule has 140 valence electrons. The van der Waals surface area contributed by atoms with Crippen molar-refractivity contribution in [3.63, 3.8) is 0 Å². The molecule has 0 amide bonds. The van der Waals surface area contributed by atoms with Crippen LogP contribution < -0.4 is 0 Å². The SMILES string of the molecule is CC.CC.CC(C)c1c[c-]c(-c2[c-]c3cc(C(C)C)ccc3[nH]2)cc1.[W+2]. The van der Waals surface area contributed by atoms with Crippen LogP contribution in [0.25, 0.3) is 22.2 Å². The summed E-state index contributed by atoms with van der Waals surface area (Å²) in [6.45, 7) is 16.8. The van der Waals surface area contributed by atoms with E-state index in [1.54, 1.807) is 0 Å². The van der Waals surface area contributed by atoms with Crippen LogP contribution in [0.4, 0.5) is 0 Å². The van der Waals surface area contributed by atoms with Gasteiger partial charge in [0, 0.05) is 0 Å². The number of benzene rings is 2. The fourth-order valence-electron chi connectivity index (χ4n) is 2.52. The molecular formula is C24H33NW. The molecule has 2 aromatic carbocycles. The fraction of sp³-hybridized carbons (Fsp3) is 0.417. The summed E-state index contributed by atoms with van der Waals surface area (Å²) in [5, 5.41) is 1.15. The van der Waals surface area contributed by atoms with Gasteiger partial charge in [0.2, 0.25) is 0 Å². The molecular weight excluding hydrogens is 486 g/mol. The van der Waals surface area contributed by atoms with E-state index in [0.29, 0.717) is 11.8 Å². The molecule has 0 aliphatic heterocycles. The molecule has 0 saturated heterocycles. The van der Waals surface area contributed by atoms with Gasteiger partial charge in [0.1, 0.15) is 0 Å². The number of rotatable bonds is 3. The zero-order chi connectivity index (χ0) is 19.0. The number of aromatic nitrogens is 1. The normalized spacial score (nSPS) is 9.92. The molecule has 2 heteroatoms.